The number of carbonyl (C=O) groups excluding carboxylic acids is 1. The normalized spacial score (nSPS) is 17.4. The molecule has 0 spiro atoms. The fourth-order valence-electron chi connectivity index (χ4n) is 4.45. The summed E-state index contributed by atoms with van der Waals surface area (Å²) in [7, 11) is 1.67. The molecular formula is C25H25N3O2. The Kier molecular flexibility index (Phi) is 4.97. The number of methoxy groups -OCH3 is 1. The van der Waals surface area contributed by atoms with Gasteiger partial charge >= 0.3 is 0 Å². The van der Waals surface area contributed by atoms with Crippen LogP contribution in [-0.4, -0.2) is 40.9 Å². The number of piperidine rings is 1. The molecule has 1 aliphatic heterocycles. The van der Waals surface area contributed by atoms with Crippen LogP contribution in [0.15, 0.2) is 60.7 Å². The van der Waals surface area contributed by atoms with Gasteiger partial charge in [0, 0.05) is 18.0 Å². The predicted molar refractivity (Wildman–Crippen MR) is 119 cm³/mol. The second-order valence-corrected chi connectivity index (χ2v) is 8.07. The van der Waals surface area contributed by atoms with Gasteiger partial charge < -0.3 is 9.72 Å². The number of imidazole rings is 1. The lowest BCUT2D eigenvalue weighted by Crippen LogP contribution is -2.38. The van der Waals surface area contributed by atoms with E-state index in [9.17, 15) is 4.79 Å². The number of benzene rings is 3. The lowest BCUT2D eigenvalue weighted by atomic mass is 9.89. The second kappa shape index (κ2) is 7.92. The number of likely N-dealkylation sites (tertiary alicyclic amines) is 1. The highest BCUT2D eigenvalue weighted by Crippen LogP contribution is 2.26. The van der Waals surface area contributed by atoms with E-state index in [4.69, 9.17) is 9.72 Å². The van der Waals surface area contributed by atoms with E-state index < -0.39 is 0 Å². The minimum atomic E-state index is 0.0267. The van der Waals surface area contributed by atoms with Gasteiger partial charge in [0.05, 0.1) is 24.7 Å². The van der Waals surface area contributed by atoms with E-state index >= 15 is 0 Å². The van der Waals surface area contributed by atoms with E-state index in [1.54, 1.807) is 7.11 Å². The maximum atomic E-state index is 13.2. The number of nitrogens with one attached hydrogen (secondary N) is 1. The molecule has 5 rings (SSSR count). The van der Waals surface area contributed by atoms with Crippen molar-refractivity contribution in [3.63, 3.8) is 0 Å². The molecule has 2 heterocycles. The van der Waals surface area contributed by atoms with Crippen LogP contribution in [0.2, 0.25) is 0 Å². The summed E-state index contributed by atoms with van der Waals surface area (Å²) in [4.78, 5) is 23.7. The Morgan fingerprint density at radius 2 is 1.97 bits per heavy atom. The first-order chi connectivity index (χ1) is 14.7. The molecule has 5 heteroatoms. The van der Waals surface area contributed by atoms with Gasteiger partial charge in [0.2, 0.25) is 0 Å². The molecule has 1 aliphatic rings. The van der Waals surface area contributed by atoms with Crippen LogP contribution in [0.1, 0.15) is 29.0 Å². The number of aromatic nitrogens is 2. The third-order valence-electron chi connectivity index (χ3n) is 6.02. The minimum Gasteiger partial charge on any atom is -0.497 e. The van der Waals surface area contributed by atoms with Gasteiger partial charge in [-0.15, -0.1) is 0 Å². The quantitative estimate of drug-likeness (QED) is 0.489. The second-order valence-electron chi connectivity index (χ2n) is 8.07. The first-order valence-corrected chi connectivity index (χ1v) is 10.5. The van der Waals surface area contributed by atoms with Crippen molar-refractivity contribution in [2.24, 2.45) is 5.92 Å². The number of hydrogen-bond acceptors (Lipinski definition) is 4. The van der Waals surface area contributed by atoms with E-state index in [0.717, 1.165) is 71.4 Å². The number of fused-ring (bicyclic) bond motifs is 2. The highest BCUT2D eigenvalue weighted by Gasteiger charge is 2.27. The molecule has 1 N–H and O–H groups in total. The summed E-state index contributed by atoms with van der Waals surface area (Å²) in [5.74, 6) is 2.06. The molecule has 1 atom stereocenters. The molecule has 1 aromatic heterocycles. The van der Waals surface area contributed by atoms with Gasteiger partial charge in [-0.1, -0.05) is 30.3 Å². The Morgan fingerprint density at radius 3 is 2.83 bits per heavy atom. The number of ketones is 1. The van der Waals surface area contributed by atoms with Gasteiger partial charge in [-0.25, -0.2) is 4.98 Å². The lowest BCUT2D eigenvalue weighted by Gasteiger charge is -2.31. The summed E-state index contributed by atoms with van der Waals surface area (Å²) in [6, 6.07) is 20.0. The number of Topliss-reactive ketones (excluding diaryl/α,β-unsaturated/α-hetero) is 1. The number of H-pyrrole nitrogens is 1. The van der Waals surface area contributed by atoms with Gasteiger partial charge in [-0.2, -0.15) is 0 Å². The Labute approximate surface area is 175 Å². The number of nitrogens with zero attached hydrogens (tertiary/aromatic N) is 2. The summed E-state index contributed by atoms with van der Waals surface area (Å²) < 4.78 is 5.29. The highest BCUT2D eigenvalue weighted by molar-refractivity contribution is 6.01. The zero-order chi connectivity index (χ0) is 20.5. The van der Waals surface area contributed by atoms with Gasteiger partial charge in [-0.3, -0.25) is 9.69 Å². The molecule has 3 aromatic carbocycles. The van der Waals surface area contributed by atoms with Crippen LogP contribution in [-0.2, 0) is 6.54 Å². The average Bonchev–Trinajstić information content (AvgIpc) is 3.20. The molecule has 30 heavy (non-hydrogen) atoms. The molecule has 0 amide bonds. The van der Waals surface area contributed by atoms with E-state index in [1.165, 1.54) is 0 Å². The van der Waals surface area contributed by atoms with Crippen LogP contribution in [0.25, 0.3) is 21.8 Å². The van der Waals surface area contributed by atoms with Gasteiger partial charge in [0.15, 0.2) is 5.78 Å². The van der Waals surface area contributed by atoms with Crippen LogP contribution < -0.4 is 4.74 Å². The van der Waals surface area contributed by atoms with Gasteiger partial charge in [-0.05, 0) is 60.5 Å². The summed E-state index contributed by atoms with van der Waals surface area (Å²) in [5, 5.41) is 2.15. The summed E-state index contributed by atoms with van der Waals surface area (Å²) in [5.41, 5.74) is 2.85. The van der Waals surface area contributed by atoms with Crippen molar-refractivity contribution in [2.75, 3.05) is 20.2 Å². The standard InChI is InChI=1S/C25H25N3O2/c1-30-21-11-10-17-13-19(9-8-18(17)14-21)25(29)20-5-4-12-28(15-20)16-24-26-22-6-2-3-7-23(22)27-24/h2-3,6-11,13-14,20H,4-5,12,15-16H2,1H3,(H,26,27)/t20-/m0/s1. The predicted octanol–water partition coefficient (Wildman–Crippen LogP) is 4.82. The lowest BCUT2D eigenvalue weighted by molar-refractivity contribution is 0.0809. The molecule has 0 saturated carbocycles. The summed E-state index contributed by atoms with van der Waals surface area (Å²) in [6.07, 6.45) is 1.97. The Hall–Kier alpha value is -3.18. The maximum Gasteiger partial charge on any atom is 0.167 e. The molecule has 5 nitrogen and oxygen atoms in total. The third kappa shape index (κ3) is 3.68. The van der Waals surface area contributed by atoms with E-state index in [2.05, 4.69) is 9.88 Å². The van der Waals surface area contributed by atoms with Crippen molar-refractivity contribution in [2.45, 2.75) is 19.4 Å². The number of rotatable bonds is 5. The fourth-order valence-corrected chi connectivity index (χ4v) is 4.45. The van der Waals surface area contributed by atoms with Crippen molar-refractivity contribution in [1.82, 2.24) is 14.9 Å². The SMILES string of the molecule is COc1ccc2cc(C(=O)[C@H]3CCCN(Cc4nc5ccccc5[nH]4)C3)ccc2c1. The molecule has 4 aromatic rings. The summed E-state index contributed by atoms with van der Waals surface area (Å²) >= 11 is 0. The summed E-state index contributed by atoms with van der Waals surface area (Å²) in [6.45, 7) is 2.52. The van der Waals surface area contributed by atoms with Crippen LogP contribution in [0.3, 0.4) is 0 Å². The number of hydrogen-bond donors (Lipinski definition) is 1. The molecule has 152 valence electrons. The molecule has 0 unspecified atom stereocenters. The number of carbonyl (C=O) groups is 1. The maximum absolute atomic E-state index is 13.2. The monoisotopic (exact) mass is 399 g/mol. The van der Waals surface area contributed by atoms with Crippen molar-refractivity contribution in [3.05, 3.63) is 72.1 Å². The first kappa shape index (κ1) is 18.8. The molecular weight excluding hydrogens is 374 g/mol. The molecule has 0 bridgehead atoms. The Balaban J connectivity index is 1.31. The smallest absolute Gasteiger partial charge is 0.167 e. The van der Waals surface area contributed by atoms with Gasteiger partial charge in [0.25, 0.3) is 0 Å². The zero-order valence-electron chi connectivity index (χ0n) is 17.1. The van der Waals surface area contributed by atoms with Crippen molar-refractivity contribution in [1.29, 1.82) is 0 Å². The van der Waals surface area contributed by atoms with Crippen LogP contribution in [0, 0.1) is 5.92 Å². The fraction of sp³-hybridized carbons (Fsp3) is 0.280. The van der Waals surface area contributed by atoms with Crippen molar-refractivity contribution < 1.29 is 9.53 Å². The average molecular weight is 399 g/mol. The molecule has 0 aliphatic carbocycles. The van der Waals surface area contributed by atoms with Crippen LogP contribution >= 0.6 is 0 Å². The Morgan fingerprint density at radius 1 is 1.13 bits per heavy atom. The molecule has 1 saturated heterocycles. The van der Waals surface area contributed by atoms with E-state index in [0.29, 0.717) is 0 Å². The minimum absolute atomic E-state index is 0.0267. The molecule has 0 radical (unpaired) electrons. The molecule has 1 fully saturated rings. The highest BCUT2D eigenvalue weighted by atomic mass is 16.5. The van der Waals surface area contributed by atoms with Gasteiger partial charge in [0.1, 0.15) is 11.6 Å². The third-order valence-corrected chi connectivity index (χ3v) is 6.02. The number of ether oxygens (including phenoxy) is 1. The van der Waals surface area contributed by atoms with Crippen molar-refractivity contribution >= 4 is 27.6 Å². The van der Waals surface area contributed by atoms with Crippen LogP contribution in [0.5, 0.6) is 5.75 Å². The largest absolute Gasteiger partial charge is 0.497 e. The van der Waals surface area contributed by atoms with Crippen LogP contribution in [0.4, 0.5) is 0 Å². The number of para-hydroxylation sites is 2. The van der Waals surface area contributed by atoms with E-state index in [-0.39, 0.29) is 11.7 Å². The number of aromatic amines is 1. The van der Waals surface area contributed by atoms with Crippen molar-refractivity contribution in [3.8, 4) is 5.75 Å². The topological polar surface area (TPSA) is 58.2 Å². The Bertz CT molecular complexity index is 1180. The van der Waals surface area contributed by atoms with E-state index in [1.807, 2.05) is 60.7 Å². The first-order valence-electron chi connectivity index (χ1n) is 10.5. The zero-order valence-corrected chi connectivity index (χ0v) is 17.1.